The van der Waals surface area contributed by atoms with Gasteiger partial charge in [0, 0.05) is 6.04 Å². The molecule has 1 saturated carbocycles. The molecule has 2 aliphatic rings. The highest BCUT2D eigenvalue weighted by Gasteiger charge is 2.24. The van der Waals surface area contributed by atoms with Crippen LogP contribution in [0.2, 0.25) is 0 Å². The summed E-state index contributed by atoms with van der Waals surface area (Å²) in [4.78, 5) is 0. The highest BCUT2D eigenvalue weighted by molar-refractivity contribution is 5.39. The van der Waals surface area contributed by atoms with Gasteiger partial charge in [-0.15, -0.1) is 0 Å². The van der Waals surface area contributed by atoms with Crippen molar-refractivity contribution >= 4 is 0 Å². The monoisotopic (exact) mass is 289 g/mol. The van der Waals surface area contributed by atoms with E-state index in [-0.39, 0.29) is 12.2 Å². The van der Waals surface area contributed by atoms with Gasteiger partial charge in [0.05, 0.1) is 6.10 Å². The van der Waals surface area contributed by atoms with Crippen LogP contribution in [-0.4, -0.2) is 24.4 Å². The molecule has 0 heterocycles. The topological polar surface area (TPSA) is 41.5 Å². The van der Waals surface area contributed by atoms with E-state index in [1.807, 2.05) is 7.05 Å². The second-order valence-corrected chi connectivity index (χ2v) is 6.46. The maximum atomic E-state index is 10.2. The maximum absolute atomic E-state index is 10.2. The molecule has 0 bridgehead atoms. The van der Waals surface area contributed by atoms with Gasteiger partial charge in [-0.05, 0) is 68.8 Å². The molecule has 1 aromatic rings. The maximum Gasteiger partial charge on any atom is 0.124 e. The minimum Gasteiger partial charge on any atom is -0.488 e. The molecule has 3 nitrogen and oxygen atoms in total. The average Bonchev–Trinajstić information content (AvgIpc) is 2.71. The van der Waals surface area contributed by atoms with E-state index >= 15 is 0 Å². The van der Waals surface area contributed by atoms with Crippen molar-refractivity contribution in [2.45, 2.75) is 69.6 Å². The van der Waals surface area contributed by atoms with Crippen molar-refractivity contribution in [3.63, 3.8) is 0 Å². The van der Waals surface area contributed by atoms with Crippen LogP contribution in [0.3, 0.4) is 0 Å². The Hall–Kier alpha value is -1.06. The molecule has 0 saturated heterocycles. The van der Waals surface area contributed by atoms with E-state index in [1.165, 1.54) is 30.4 Å². The summed E-state index contributed by atoms with van der Waals surface area (Å²) in [7, 11) is 2.03. The smallest absolute Gasteiger partial charge is 0.124 e. The zero-order valence-corrected chi connectivity index (χ0v) is 13.0. The van der Waals surface area contributed by atoms with Gasteiger partial charge in [-0.3, -0.25) is 0 Å². The summed E-state index contributed by atoms with van der Waals surface area (Å²) in [6.07, 6.45) is 8.57. The summed E-state index contributed by atoms with van der Waals surface area (Å²) in [5, 5.41) is 13.6. The Morgan fingerprint density at radius 2 is 1.95 bits per heavy atom. The van der Waals surface area contributed by atoms with Gasteiger partial charge in [-0.25, -0.2) is 0 Å². The van der Waals surface area contributed by atoms with Crippen LogP contribution in [0.1, 0.15) is 62.1 Å². The van der Waals surface area contributed by atoms with E-state index in [4.69, 9.17) is 4.74 Å². The zero-order chi connectivity index (χ0) is 14.7. The number of aliphatic hydroxyl groups is 1. The number of nitrogens with one attached hydrogen (secondary N) is 1. The van der Waals surface area contributed by atoms with Crippen molar-refractivity contribution in [2.75, 3.05) is 7.05 Å². The molecule has 0 radical (unpaired) electrons. The number of benzene rings is 1. The lowest BCUT2D eigenvalue weighted by Gasteiger charge is -2.27. The number of hydrogen-bond donors (Lipinski definition) is 2. The molecule has 0 amide bonds. The van der Waals surface area contributed by atoms with Crippen molar-refractivity contribution in [2.24, 2.45) is 0 Å². The summed E-state index contributed by atoms with van der Waals surface area (Å²) >= 11 is 0. The van der Waals surface area contributed by atoms with E-state index in [0.29, 0.717) is 6.04 Å². The molecule has 1 fully saturated rings. The van der Waals surface area contributed by atoms with Crippen LogP contribution in [0.25, 0.3) is 0 Å². The lowest BCUT2D eigenvalue weighted by atomic mass is 9.87. The standard InChI is InChI=1S/C18H27NO2/c1-19-16-7-5-6-13-12-14(10-11-15(13)16)21-18-9-4-2-3-8-17(18)20/h10-12,16-20H,2-9H2,1H3. The van der Waals surface area contributed by atoms with E-state index in [9.17, 15) is 5.11 Å². The lowest BCUT2D eigenvalue weighted by Crippen LogP contribution is -2.30. The van der Waals surface area contributed by atoms with Crippen LogP contribution in [-0.2, 0) is 6.42 Å². The molecule has 116 valence electrons. The molecule has 2 N–H and O–H groups in total. The SMILES string of the molecule is CNC1CCCc2cc(OC3CCCCCC3O)ccc21. The molecular formula is C18H27NO2. The van der Waals surface area contributed by atoms with Crippen LogP contribution >= 0.6 is 0 Å². The molecule has 2 aliphatic carbocycles. The summed E-state index contributed by atoms with van der Waals surface area (Å²) < 4.78 is 6.11. The van der Waals surface area contributed by atoms with Crippen molar-refractivity contribution in [1.29, 1.82) is 0 Å². The molecule has 0 aliphatic heterocycles. The van der Waals surface area contributed by atoms with Crippen LogP contribution in [0.5, 0.6) is 5.75 Å². The van der Waals surface area contributed by atoms with Crippen molar-refractivity contribution in [3.05, 3.63) is 29.3 Å². The summed E-state index contributed by atoms with van der Waals surface area (Å²) in [5.74, 6) is 0.927. The molecule has 0 aromatic heterocycles. The number of aliphatic hydroxyl groups excluding tert-OH is 1. The van der Waals surface area contributed by atoms with Crippen LogP contribution < -0.4 is 10.1 Å². The second-order valence-electron chi connectivity index (χ2n) is 6.46. The van der Waals surface area contributed by atoms with Crippen LogP contribution in [0.15, 0.2) is 18.2 Å². The Balaban J connectivity index is 1.74. The second kappa shape index (κ2) is 6.80. The Bertz CT molecular complexity index is 474. The van der Waals surface area contributed by atoms with E-state index in [1.54, 1.807) is 0 Å². The first-order valence-electron chi connectivity index (χ1n) is 8.43. The molecule has 3 unspecified atom stereocenters. The van der Waals surface area contributed by atoms with Gasteiger partial charge in [0.2, 0.25) is 0 Å². The number of aryl methyl sites for hydroxylation is 1. The first kappa shape index (κ1) is 14.9. The van der Waals surface area contributed by atoms with Crippen LogP contribution in [0, 0.1) is 0 Å². The molecular weight excluding hydrogens is 262 g/mol. The minimum absolute atomic E-state index is 0.0331. The Morgan fingerprint density at radius 1 is 1.10 bits per heavy atom. The number of rotatable bonds is 3. The lowest BCUT2D eigenvalue weighted by molar-refractivity contribution is 0.0319. The molecule has 3 atom stereocenters. The van der Waals surface area contributed by atoms with Gasteiger partial charge in [0.1, 0.15) is 11.9 Å². The van der Waals surface area contributed by atoms with E-state index in [0.717, 1.165) is 37.9 Å². The fourth-order valence-electron chi connectivity index (χ4n) is 3.73. The first-order chi connectivity index (χ1) is 10.3. The van der Waals surface area contributed by atoms with Gasteiger partial charge < -0.3 is 15.2 Å². The average molecular weight is 289 g/mol. The molecule has 3 heteroatoms. The summed E-state index contributed by atoms with van der Waals surface area (Å²) in [5.41, 5.74) is 2.82. The summed E-state index contributed by atoms with van der Waals surface area (Å²) in [6.45, 7) is 0. The minimum atomic E-state index is -0.311. The van der Waals surface area contributed by atoms with E-state index in [2.05, 4.69) is 23.5 Å². The van der Waals surface area contributed by atoms with E-state index < -0.39 is 0 Å². The molecule has 21 heavy (non-hydrogen) atoms. The third-order valence-corrected chi connectivity index (χ3v) is 4.98. The van der Waals surface area contributed by atoms with Gasteiger partial charge >= 0.3 is 0 Å². The Labute approximate surface area is 127 Å². The highest BCUT2D eigenvalue weighted by atomic mass is 16.5. The van der Waals surface area contributed by atoms with Gasteiger partial charge in [-0.2, -0.15) is 0 Å². The Kier molecular flexibility index (Phi) is 4.81. The third-order valence-electron chi connectivity index (χ3n) is 4.98. The molecule has 0 spiro atoms. The predicted molar refractivity (Wildman–Crippen MR) is 84.7 cm³/mol. The van der Waals surface area contributed by atoms with Crippen molar-refractivity contribution < 1.29 is 9.84 Å². The molecule has 3 rings (SSSR count). The number of fused-ring (bicyclic) bond motifs is 1. The highest BCUT2D eigenvalue weighted by Crippen LogP contribution is 2.33. The Morgan fingerprint density at radius 3 is 2.81 bits per heavy atom. The predicted octanol–water partition coefficient (Wildman–Crippen LogP) is 3.36. The quantitative estimate of drug-likeness (QED) is 0.838. The zero-order valence-electron chi connectivity index (χ0n) is 13.0. The van der Waals surface area contributed by atoms with Gasteiger partial charge in [0.25, 0.3) is 0 Å². The van der Waals surface area contributed by atoms with Gasteiger partial charge in [0.15, 0.2) is 0 Å². The fourth-order valence-corrected chi connectivity index (χ4v) is 3.73. The third kappa shape index (κ3) is 3.41. The fraction of sp³-hybridized carbons (Fsp3) is 0.667. The summed E-state index contributed by atoms with van der Waals surface area (Å²) in [6, 6.07) is 6.95. The van der Waals surface area contributed by atoms with Crippen molar-refractivity contribution in [1.82, 2.24) is 5.32 Å². The largest absolute Gasteiger partial charge is 0.488 e. The number of hydrogen-bond acceptors (Lipinski definition) is 3. The first-order valence-corrected chi connectivity index (χ1v) is 8.43. The molecule has 1 aromatic carbocycles. The number of ether oxygens (including phenoxy) is 1. The normalized spacial score (nSPS) is 29.5. The van der Waals surface area contributed by atoms with Gasteiger partial charge in [-0.1, -0.05) is 18.9 Å². The van der Waals surface area contributed by atoms with Crippen molar-refractivity contribution in [3.8, 4) is 5.75 Å². The van der Waals surface area contributed by atoms with Crippen LogP contribution in [0.4, 0.5) is 0 Å².